The molecule has 0 radical (unpaired) electrons. The fraction of sp³-hybridized carbons (Fsp3) is 0.524. The number of benzene rings is 1. The second-order valence-electron chi connectivity index (χ2n) is 7.69. The third kappa shape index (κ3) is 6.96. The quantitative estimate of drug-likeness (QED) is 0.571. The number of rotatable bonds is 7. The molecule has 1 heterocycles. The Morgan fingerprint density at radius 2 is 1.93 bits per heavy atom. The van der Waals surface area contributed by atoms with E-state index in [9.17, 15) is 0 Å². The van der Waals surface area contributed by atoms with Crippen molar-refractivity contribution in [2.75, 3.05) is 13.1 Å². The first-order valence-electron chi connectivity index (χ1n) is 9.48. The van der Waals surface area contributed by atoms with Gasteiger partial charge in [0.15, 0.2) is 5.96 Å². The van der Waals surface area contributed by atoms with Crippen LogP contribution >= 0.6 is 0 Å². The lowest BCUT2D eigenvalue weighted by atomic mass is 9.94. The lowest BCUT2D eigenvalue weighted by Crippen LogP contribution is -2.41. The maximum absolute atomic E-state index is 5.93. The maximum Gasteiger partial charge on any atom is 0.216 e. The van der Waals surface area contributed by atoms with Gasteiger partial charge in [-0.05, 0) is 32.9 Å². The Morgan fingerprint density at radius 1 is 1.22 bits per heavy atom. The van der Waals surface area contributed by atoms with Gasteiger partial charge in [-0.25, -0.2) is 9.98 Å². The van der Waals surface area contributed by atoms with Crippen molar-refractivity contribution in [2.24, 2.45) is 4.99 Å². The highest BCUT2D eigenvalue weighted by Gasteiger charge is 2.19. The van der Waals surface area contributed by atoms with Crippen molar-refractivity contribution in [1.29, 1.82) is 0 Å². The number of oxazole rings is 1. The molecular weight excluding hydrogens is 340 g/mol. The van der Waals surface area contributed by atoms with Crippen LogP contribution in [0.2, 0.25) is 0 Å². The molecule has 2 rings (SSSR count). The van der Waals surface area contributed by atoms with Crippen LogP contribution in [0.1, 0.15) is 51.8 Å². The van der Waals surface area contributed by atoms with E-state index in [1.807, 2.05) is 38.1 Å². The van der Waals surface area contributed by atoms with E-state index in [0.29, 0.717) is 24.9 Å². The molecule has 0 bridgehead atoms. The van der Waals surface area contributed by atoms with Crippen LogP contribution < -0.4 is 15.4 Å². The number of aromatic nitrogens is 1. The van der Waals surface area contributed by atoms with Crippen LogP contribution in [-0.2, 0) is 12.0 Å². The summed E-state index contributed by atoms with van der Waals surface area (Å²) in [4.78, 5) is 8.87. The summed E-state index contributed by atoms with van der Waals surface area (Å²) >= 11 is 0. The van der Waals surface area contributed by atoms with Crippen molar-refractivity contribution < 1.29 is 9.15 Å². The van der Waals surface area contributed by atoms with E-state index in [-0.39, 0.29) is 11.5 Å². The van der Waals surface area contributed by atoms with E-state index in [2.05, 4.69) is 48.3 Å². The van der Waals surface area contributed by atoms with Gasteiger partial charge in [0.1, 0.15) is 24.2 Å². The minimum Gasteiger partial charge on any atom is -0.489 e. The van der Waals surface area contributed by atoms with Crippen LogP contribution in [0.25, 0.3) is 0 Å². The lowest BCUT2D eigenvalue weighted by molar-refractivity contribution is 0.224. The summed E-state index contributed by atoms with van der Waals surface area (Å²) < 4.78 is 11.7. The number of hydrogen-bond donors (Lipinski definition) is 2. The molecular formula is C21H32N4O2. The van der Waals surface area contributed by atoms with Crippen molar-refractivity contribution in [3.63, 3.8) is 0 Å². The molecule has 1 unspecified atom stereocenters. The second kappa shape index (κ2) is 9.44. The molecule has 0 saturated carbocycles. The van der Waals surface area contributed by atoms with Gasteiger partial charge in [0.2, 0.25) is 5.89 Å². The molecule has 2 aromatic rings. The van der Waals surface area contributed by atoms with Crippen molar-refractivity contribution >= 4 is 5.96 Å². The average Bonchev–Trinajstić information content (AvgIpc) is 3.09. The van der Waals surface area contributed by atoms with E-state index >= 15 is 0 Å². The molecule has 0 aliphatic heterocycles. The average molecular weight is 373 g/mol. The van der Waals surface area contributed by atoms with Gasteiger partial charge >= 0.3 is 0 Å². The fourth-order valence-electron chi connectivity index (χ4n) is 2.35. The molecule has 6 nitrogen and oxygen atoms in total. The summed E-state index contributed by atoms with van der Waals surface area (Å²) in [5, 5.41) is 6.53. The maximum atomic E-state index is 5.93. The van der Waals surface area contributed by atoms with Crippen LogP contribution in [0.15, 0.2) is 39.9 Å². The monoisotopic (exact) mass is 372 g/mol. The zero-order valence-electron chi connectivity index (χ0n) is 17.3. The zero-order valence-corrected chi connectivity index (χ0v) is 17.3. The third-order valence-electron chi connectivity index (χ3n) is 3.92. The van der Waals surface area contributed by atoms with Crippen LogP contribution in [0.5, 0.6) is 5.75 Å². The van der Waals surface area contributed by atoms with E-state index in [1.54, 1.807) is 6.20 Å². The smallest absolute Gasteiger partial charge is 0.216 e. The van der Waals surface area contributed by atoms with Gasteiger partial charge in [0, 0.05) is 12.0 Å². The molecule has 0 spiro atoms. The van der Waals surface area contributed by atoms with Crippen LogP contribution in [0.3, 0.4) is 0 Å². The van der Waals surface area contributed by atoms with E-state index in [4.69, 9.17) is 9.15 Å². The lowest BCUT2D eigenvalue weighted by Gasteiger charge is -2.17. The van der Waals surface area contributed by atoms with E-state index < -0.39 is 0 Å². The number of aliphatic imine (C=N–C) groups is 1. The van der Waals surface area contributed by atoms with Crippen molar-refractivity contribution in [1.82, 2.24) is 15.6 Å². The Hall–Kier alpha value is -2.50. The van der Waals surface area contributed by atoms with Crippen molar-refractivity contribution in [3.05, 3.63) is 47.7 Å². The Kier molecular flexibility index (Phi) is 7.28. The molecule has 148 valence electrons. The molecule has 1 atom stereocenters. The van der Waals surface area contributed by atoms with Crippen LogP contribution in [0, 0.1) is 6.92 Å². The first-order chi connectivity index (χ1) is 12.8. The highest BCUT2D eigenvalue weighted by Crippen LogP contribution is 2.22. The normalized spacial score (nSPS) is 13.3. The minimum absolute atomic E-state index is 0.00536. The highest BCUT2D eigenvalue weighted by molar-refractivity contribution is 5.79. The van der Waals surface area contributed by atoms with Crippen molar-refractivity contribution in [3.8, 4) is 5.75 Å². The molecule has 0 aliphatic rings. The Bertz CT molecular complexity index is 729. The van der Waals surface area contributed by atoms with Gasteiger partial charge in [-0.1, -0.05) is 38.5 Å². The molecule has 6 heteroatoms. The number of nitrogens with zero attached hydrogens (tertiary/aromatic N) is 2. The number of hydrogen-bond acceptors (Lipinski definition) is 4. The number of aryl methyl sites for hydroxylation is 1. The highest BCUT2D eigenvalue weighted by atomic mass is 16.5. The number of ether oxygens (including phenoxy) is 1. The van der Waals surface area contributed by atoms with Gasteiger partial charge in [-0.15, -0.1) is 0 Å². The molecule has 0 aliphatic carbocycles. The molecule has 0 amide bonds. The van der Waals surface area contributed by atoms with Gasteiger partial charge in [0.25, 0.3) is 0 Å². The van der Waals surface area contributed by atoms with E-state index in [0.717, 1.165) is 18.1 Å². The first-order valence-corrected chi connectivity index (χ1v) is 9.48. The zero-order chi connectivity index (χ0) is 19.9. The molecule has 0 fully saturated rings. The van der Waals surface area contributed by atoms with Crippen molar-refractivity contribution in [2.45, 2.75) is 59.6 Å². The summed E-state index contributed by atoms with van der Waals surface area (Å²) in [6, 6.07) is 8.06. The predicted octanol–water partition coefficient (Wildman–Crippen LogP) is 3.80. The number of guanidine groups is 1. The predicted molar refractivity (Wildman–Crippen MR) is 109 cm³/mol. The molecule has 2 N–H and O–H groups in total. The third-order valence-corrected chi connectivity index (χ3v) is 3.92. The summed E-state index contributed by atoms with van der Waals surface area (Å²) in [5.74, 6) is 3.06. The summed E-state index contributed by atoms with van der Waals surface area (Å²) in [6.45, 7) is 14.2. The topological polar surface area (TPSA) is 71.7 Å². The second-order valence-corrected chi connectivity index (χ2v) is 7.69. The molecule has 0 saturated heterocycles. The van der Waals surface area contributed by atoms with E-state index in [1.165, 1.54) is 5.56 Å². The van der Waals surface area contributed by atoms with Gasteiger partial charge in [-0.2, -0.15) is 0 Å². The van der Waals surface area contributed by atoms with Crippen LogP contribution in [0.4, 0.5) is 0 Å². The molecule has 1 aromatic heterocycles. The summed E-state index contributed by atoms with van der Waals surface area (Å²) in [6.07, 6.45) is 1.79. The van der Waals surface area contributed by atoms with Gasteiger partial charge in [-0.3, -0.25) is 0 Å². The fourth-order valence-corrected chi connectivity index (χ4v) is 2.35. The standard InChI is InChI=1S/C21H32N4O2/c1-7-22-20(25-14-19-23-13-18(27-19)21(4,5)6)24-12-16(3)26-17-10-8-15(2)9-11-17/h8-11,13,16H,7,12,14H2,1-6H3,(H2,22,24,25). The summed E-state index contributed by atoms with van der Waals surface area (Å²) in [5.41, 5.74) is 1.16. The summed E-state index contributed by atoms with van der Waals surface area (Å²) in [7, 11) is 0. The Morgan fingerprint density at radius 3 is 2.52 bits per heavy atom. The van der Waals surface area contributed by atoms with Gasteiger partial charge in [0.05, 0.1) is 12.7 Å². The first kappa shape index (κ1) is 20.8. The van der Waals surface area contributed by atoms with Crippen LogP contribution in [-0.4, -0.2) is 30.1 Å². The van der Waals surface area contributed by atoms with Gasteiger partial charge < -0.3 is 19.8 Å². The minimum atomic E-state index is -0.0551. The number of nitrogens with one attached hydrogen (secondary N) is 2. The molecule has 1 aromatic carbocycles. The Labute approximate surface area is 162 Å². The Balaban J connectivity index is 1.89. The largest absolute Gasteiger partial charge is 0.489 e. The SMILES string of the molecule is CCNC(=NCc1ncc(C(C)(C)C)o1)NCC(C)Oc1ccc(C)cc1. The molecule has 27 heavy (non-hydrogen) atoms.